The summed E-state index contributed by atoms with van der Waals surface area (Å²) in [4.78, 5) is 42.4. The van der Waals surface area contributed by atoms with Gasteiger partial charge >= 0.3 is 0 Å². The van der Waals surface area contributed by atoms with Crippen LogP contribution in [0, 0.1) is 11.8 Å². The molecule has 3 aliphatic rings. The highest BCUT2D eigenvalue weighted by atomic mass is 16.5. The van der Waals surface area contributed by atoms with Crippen molar-refractivity contribution in [3.63, 3.8) is 0 Å². The van der Waals surface area contributed by atoms with E-state index in [0.29, 0.717) is 42.6 Å². The van der Waals surface area contributed by atoms with E-state index in [9.17, 15) is 14.4 Å². The molecule has 3 amide bonds. The van der Waals surface area contributed by atoms with Gasteiger partial charge in [-0.3, -0.25) is 14.4 Å². The van der Waals surface area contributed by atoms with Crippen molar-refractivity contribution < 1.29 is 28.6 Å². The van der Waals surface area contributed by atoms with Gasteiger partial charge in [0.1, 0.15) is 12.1 Å². The Labute approximate surface area is 251 Å². The van der Waals surface area contributed by atoms with Gasteiger partial charge in [-0.15, -0.1) is 0 Å². The SMILES string of the molecule is COc1cc(C(C(=O)N2CCCCC2C(=O)NC(CCC2CCCCC2)C(N)=O)C2CCCCC2)cc(OC)c1OC. The van der Waals surface area contributed by atoms with E-state index in [4.69, 9.17) is 19.9 Å². The highest BCUT2D eigenvalue weighted by Gasteiger charge is 2.41. The van der Waals surface area contributed by atoms with E-state index in [1.165, 1.54) is 32.1 Å². The van der Waals surface area contributed by atoms with Crippen molar-refractivity contribution in [2.24, 2.45) is 17.6 Å². The fourth-order valence-electron chi connectivity index (χ4n) is 7.44. The number of ether oxygens (including phenoxy) is 3. The fraction of sp³-hybridized carbons (Fsp3) is 0.727. The van der Waals surface area contributed by atoms with Crippen LogP contribution in [-0.4, -0.2) is 62.6 Å². The van der Waals surface area contributed by atoms with Crippen molar-refractivity contribution in [2.45, 2.75) is 114 Å². The third-order valence-electron chi connectivity index (χ3n) is 9.77. The van der Waals surface area contributed by atoms with E-state index in [-0.39, 0.29) is 17.7 Å². The van der Waals surface area contributed by atoms with E-state index in [1.807, 2.05) is 12.1 Å². The number of methoxy groups -OCH3 is 3. The van der Waals surface area contributed by atoms with Crippen LogP contribution in [0.25, 0.3) is 0 Å². The Morgan fingerprint density at radius 3 is 2.02 bits per heavy atom. The van der Waals surface area contributed by atoms with Gasteiger partial charge in [0.25, 0.3) is 0 Å². The monoisotopic (exact) mass is 585 g/mol. The number of hydrogen-bond acceptors (Lipinski definition) is 6. The van der Waals surface area contributed by atoms with E-state index >= 15 is 0 Å². The number of likely N-dealkylation sites (tertiary alicyclic amines) is 1. The molecular weight excluding hydrogens is 534 g/mol. The number of benzene rings is 1. The smallest absolute Gasteiger partial charge is 0.243 e. The molecule has 3 unspecified atom stereocenters. The zero-order valence-corrected chi connectivity index (χ0v) is 25.8. The van der Waals surface area contributed by atoms with Crippen molar-refractivity contribution in [3.05, 3.63) is 17.7 Å². The molecule has 1 aliphatic heterocycles. The lowest BCUT2D eigenvalue weighted by Crippen LogP contribution is -2.57. The van der Waals surface area contributed by atoms with E-state index in [1.54, 1.807) is 26.2 Å². The molecule has 2 aliphatic carbocycles. The second-order valence-corrected chi connectivity index (χ2v) is 12.4. The normalized spacial score (nSPS) is 21.7. The van der Waals surface area contributed by atoms with E-state index in [2.05, 4.69) is 5.32 Å². The van der Waals surface area contributed by atoms with Gasteiger partial charge in [-0.2, -0.15) is 0 Å². The molecule has 3 atom stereocenters. The molecule has 3 fully saturated rings. The molecule has 9 nitrogen and oxygen atoms in total. The van der Waals surface area contributed by atoms with E-state index in [0.717, 1.165) is 56.9 Å². The summed E-state index contributed by atoms with van der Waals surface area (Å²) in [5.41, 5.74) is 6.57. The maximum absolute atomic E-state index is 14.6. The van der Waals surface area contributed by atoms with Gasteiger partial charge in [0.05, 0.1) is 27.2 Å². The average molecular weight is 586 g/mol. The lowest BCUT2D eigenvalue weighted by molar-refractivity contribution is -0.145. The minimum absolute atomic E-state index is 0.0474. The van der Waals surface area contributed by atoms with Gasteiger partial charge < -0.3 is 30.2 Å². The summed E-state index contributed by atoms with van der Waals surface area (Å²) in [6.07, 6.45) is 15.0. The van der Waals surface area contributed by atoms with Crippen LogP contribution in [0.15, 0.2) is 12.1 Å². The molecule has 9 heteroatoms. The number of carbonyl (C=O) groups excluding carboxylic acids is 3. The van der Waals surface area contributed by atoms with Crippen LogP contribution in [0.5, 0.6) is 17.2 Å². The maximum Gasteiger partial charge on any atom is 0.243 e. The Kier molecular flexibility index (Phi) is 11.8. The molecule has 234 valence electrons. The number of rotatable bonds is 12. The van der Waals surface area contributed by atoms with Crippen LogP contribution in [0.3, 0.4) is 0 Å². The number of primary amides is 1. The molecule has 1 heterocycles. The number of nitrogens with two attached hydrogens (primary N) is 1. The predicted octanol–water partition coefficient (Wildman–Crippen LogP) is 5.09. The highest BCUT2D eigenvalue weighted by Crippen LogP contribution is 2.45. The number of piperidine rings is 1. The Hall–Kier alpha value is -2.97. The number of nitrogens with zero attached hydrogens (tertiary/aromatic N) is 1. The second kappa shape index (κ2) is 15.5. The zero-order chi connectivity index (χ0) is 30.1. The lowest BCUT2D eigenvalue weighted by Gasteiger charge is -2.40. The van der Waals surface area contributed by atoms with Gasteiger partial charge in [-0.05, 0) is 74.5 Å². The first kappa shape index (κ1) is 32.0. The Morgan fingerprint density at radius 2 is 1.45 bits per heavy atom. The molecule has 3 N–H and O–H groups in total. The largest absolute Gasteiger partial charge is 0.493 e. The van der Waals surface area contributed by atoms with Crippen LogP contribution in [0.4, 0.5) is 0 Å². The Morgan fingerprint density at radius 1 is 0.857 bits per heavy atom. The van der Waals surface area contributed by atoms with Gasteiger partial charge in [0.2, 0.25) is 23.5 Å². The summed E-state index contributed by atoms with van der Waals surface area (Å²) < 4.78 is 16.8. The molecule has 2 saturated carbocycles. The van der Waals surface area contributed by atoms with Gasteiger partial charge in [-0.1, -0.05) is 51.4 Å². The number of carbonyl (C=O) groups is 3. The van der Waals surface area contributed by atoms with Crippen molar-refractivity contribution in [1.29, 1.82) is 0 Å². The zero-order valence-electron chi connectivity index (χ0n) is 25.8. The fourth-order valence-corrected chi connectivity index (χ4v) is 7.44. The summed E-state index contributed by atoms with van der Waals surface area (Å²) in [5, 5.41) is 2.96. The standard InChI is InChI=1S/C33H51N3O6/c1-40-27-20-24(21-28(41-2)30(27)42-3)29(23-14-8-5-9-15-23)33(39)36-19-11-10-16-26(36)32(38)35-25(31(34)37)18-17-22-12-6-4-7-13-22/h20-23,25-26,29H,4-19H2,1-3H3,(H2,34,37)(H,35,38). The van der Waals surface area contributed by atoms with E-state index < -0.39 is 23.9 Å². The van der Waals surface area contributed by atoms with Crippen LogP contribution >= 0.6 is 0 Å². The summed E-state index contributed by atoms with van der Waals surface area (Å²) >= 11 is 0. The maximum atomic E-state index is 14.6. The first-order valence-electron chi connectivity index (χ1n) is 16.1. The Balaban J connectivity index is 1.57. The summed E-state index contributed by atoms with van der Waals surface area (Å²) in [6, 6.07) is 2.41. The third-order valence-corrected chi connectivity index (χ3v) is 9.77. The number of nitrogens with one attached hydrogen (secondary N) is 1. The molecule has 42 heavy (non-hydrogen) atoms. The molecular formula is C33H51N3O6. The van der Waals surface area contributed by atoms with Gasteiger partial charge in [0, 0.05) is 6.54 Å². The predicted molar refractivity (Wildman–Crippen MR) is 162 cm³/mol. The molecule has 0 radical (unpaired) electrons. The lowest BCUT2D eigenvalue weighted by atomic mass is 9.75. The summed E-state index contributed by atoms with van der Waals surface area (Å²) in [7, 11) is 4.72. The number of amides is 3. The topological polar surface area (TPSA) is 120 Å². The molecule has 0 spiro atoms. The van der Waals surface area contributed by atoms with Crippen molar-refractivity contribution >= 4 is 17.7 Å². The van der Waals surface area contributed by atoms with Crippen molar-refractivity contribution in [3.8, 4) is 17.2 Å². The van der Waals surface area contributed by atoms with Crippen molar-refractivity contribution in [2.75, 3.05) is 27.9 Å². The highest BCUT2D eigenvalue weighted by molar-refractivity contribution is 5.93. The molecule has 4 rings (SSSR count). The van der Waals surface area contributed by atoms with Gasteiger partial charge in [-0.25, -0.2) is 0 Å². The second-order valence-electron chi connectivity index (χ2n) is 12.4. The quantitative estimate of drug-likeness (QED) is 0.353. The van der Waals surface area contributed by atoms with Crippen LogP contribution in [0.2, 0.25) is 0 Å². The van der Waals surface area contributed by atoms with Gasteiger partial charge in [0.15, 0.2) is 11.5 Å². The minimum atomic E-state index is -0.720. The Bertz CT molecular complexity index is 1040. The van der Waals surface area contributed by atoms with Crippen molar-refractivity contribution in [1.82, 2.24) is 10.2 Å². The molecule has 0 aromatic heterocycles. The molecule has 1 aromatic rings. The van der Waals surface area contributed by atoms with Crippen LogP contribution in [0.1, 0.15) is 108 Å². The van der Waals surface area contributed by atoms with Crippen LogP contribution < -0.4 is 25.3 Å². The molecule has 1 aromatic carbocycles. The summed E-state index contributed by atoms with van der Waals surface area (Å²) in [6.45, 7) is 0.508. The minimum Gasteiger partial charge on any atom is -0.493 e. The third kappa shape index (κ3) is 7.70. The average Bonchev–Trinajstić information content (AvgIpc) is 3.03. The summed E-state index contributed by atoms with van der Waals surface area (Å²) in [5.74, 6) is 0.965. The number of hydrogen-bond donors (Lipinski definition) is 2. The molecule has 1 saturated heterocycles. The molecule has 0 bridgehead atoms. The first-order chi connectivity index (χ1) is 20.4. The van der Waals surface area contributed by atoms with Crippen LogP contribution in [-0.2, 0) is 14.4 Å². The first-order valence-corrected chi connectivity index (χ1v) is 16.1.